The summed E-state index contributed by atoms with van der Waals surface area (Å²) in [6.07, 6.45) is 0. The van der Waals surface area contributed by atoms with Crippen molar-refractivity contribution in [2.45, 2.75) is 5.41 Å². The van der Waals surface area contributed by atoms with Gasteiger partial charge in [-0.3, -0.25) is 0 Å². The van der Waals surface area contributed by atoms with Gasteiger partial charge in [-0.15, -0.1) is 11.3 Å². The van der Waals surface area contributed by atoms with Crippen LogP contribution in [-0.2, 0) is 5.41 Å². The lowest BCUT2D eigenvalue weighted by Crippen LogP contribution is -2.28. The van der Waals surface area contributed by atoms with Gasteiger partial charge in [-0.25, -0.2) is 15.0 Å². The second-order valence-corrected chi connectivity index (χ2v) is 17.0. The van der Waals surface area contributed by atoms with Gasteiger partial charge in [-0.05, 0) is 86.0 Å². The second kappa shape index (κ2) is 14.7. The molecule has 0 saturated carbocycles. The normalized spacial score (nSPS) is 12.6. The molecule has 0 unspecified atom stereocenters. The van der Waals surface area contributed by atoms with Gasteiger partial charge < -0.3 is 0 Å². The van der Waals surface area contributed by atoms with Gasteiger partial charge in [0.2, 0.25) is 0 Å². The highest BCUT2D eigenvalue weighted by molar-refractivity contribution is 7.26. The Kier molecular flexibility index (Phi) is 8.58. The van der Waals surface area contributed by atoms with Crippen molar-refractivity contribution in [1.82, 2.24) is 15.0 Å². The van der Waals surface area contributed by atoms with Crippen LogP contribution < -0.4 is 0 Å². The van der Waals surface area contributed by atoms with Crippen molar-refractivity contribution < 1.29 is 0 Å². The molecule has 9 aromatic carbocycles. The number of hydrogen-bond donors (Lipinski definition) is 0. The molecule has 11 aromatic rings. The Hall–Kier alpha value is -7.79. The van der Waals surface area contributed by atoms with E-state index in [0.29, 0.717) is 17.5 Å². The summed E-state index contributed by atoms with van der Waals surface area (Å²) in [5, 5.41) is 2.35. The van der Waals surface area contributed by atoms with Gasteiger partial charge in [0.15, 0.2) is 17.5 Å². The minimum absolute atomic E-state index is 0.417. The lowest BCUT2D eigenvalue weighted by molar-refractivity contribution is 0.768. The number of benzene rings is 9. The minimum Gasteiger partial charge on any atom is -0.208 e. The maximum atomic E-state index is 5.13. The van der Waals surface area contributed by atoms with Gasteiger partial charge in [0, 0.05) is 36.9 Å². The van der Waals surface area contributed by atoms with Crippen LogP contribution in [0, 0.1) is 0 Å². The van der Waals surface area contributed by atoms with Crippen LogP contribution in [0.5, 0.6) is 0 Å². The van der Waals surface area contributed by atoms with Crippen LogP contribution in [0.1, 0.15) is 22.3 Å². The van der Waals surface area contributed by atoms with E-state index in [1.165, 1.54) is 64.9 Å². The van der Waals surface area contributed by atoms with Gasteiger partial charge in [0.25, 0.3) is 0 Å². The molecule has 2 heterocycles. The van der Waals surface area contributed by atoms with E-state index in [1.807, 2.05) is 36.4 Å². The van der Waals surface area contributed by atoms with E-state index in [0.717, 1.165) is 27.6 Å². The van der Waals surface area contributed by atoms with E-state index in [2.05, 4.69) is 188 Å². The van der Waals surface area contributed by atoms with Crippen molar-refractivity contribution in [3.05, 3.63) is 247 Å². The first-order valence-electron chi connectivity index (χ1n) is 21.0. The molecule has 0 fully saturated rings. The lowest BCUT2D eigenvalue weighted by Gasteiger charge is -2.33. The van der Waals surface area contributed by atoms with E-state index in [1.54, 1.807) is 11.3 Å². The number of nitrogens with zero attached hydrogens (tertiary/aromatic N) is 3. The van der Waals surface area contributed by atoms with Crippen LogP contribution in [0.15, 0.2) is 224 Å². The first kappa shape index (κ1) is 36.1. The van der Waals surface area contributed by atoms with Crippen molar-refractivity contribution >= 4 is 31.5 Å². The van der Waals surface area contributed by atoms with Gasteiger partial charge in [-0.2, -0.15) is 0 Å². The van der Waals surface area contributed by atoms with Gasteiger partial charge >= 0.3 is 0 Å². The molecule has 0 amide bonds. The average Bonchev–Trinajstić information content (AvgIpc) is 3.88. The standard InChI is InChI=1S/C58H37N3S/c1-5-17-38(18-6-1)55-59-56(39-19-7-2-8-20-39)61-57(60-55)47-28-16-30-53-54(47)49-37-43(32-34-52(49)62-53)41-22-15-21-40(35-41)42-31-33-51-48(36-42)46-27-13-14-29-50(46)58(51,44-23-9-3-10-24-44)45-25-11-4-12-26-45/h1-37H. The molecule has 2 aromatic heterocycles. The number of rotatable bonds is 7. The Morgan fingerprint density at radius 2 is 0.790 bits per heavy atom. The van der Waals surface area contributed by atoms with Crippen molar-refractivity contribution in [3.63, 3.8) is 0 Å². The van der Waals surface area contributed by atoms with E-state index >= 15 is 0 Å². The third-order valence-electron chi connectivity index (χ3n) is 12.4. The molecule has 0 saturated heterocycles. The Balaban J connectivity index is 0.978. The van der Waals surface area contributed by atoms with Crippen LogP contribution in [0.25, 0.3) is 87.7 Å². The molecular weight excluding hydrogens is 771 g/mol. The number of thiophene rings is 1. The fourth-order valence-electron chi connectivity index (χ4n) is 9.63. The quantitative estimate of drug-likeness (QED) is 0.161. The number of aromatic nitrogens is 3. The Morgan fingerprint density at radius 1 is 0.306 bits per heavy atom. The zero-order valence-corrected chi connectivity index (χ0v) is 34.4. The lowest BCUT2D eigenvalue weighted by atomic mass is 9.67. The molecule has 0 atom stereocenters. The van der Waals surface area contributed by atoms with Gasteiger partial charge in [-0.1, -0.05) is 194 Å². The van der Waals surface area contributed by atoms with E-state index in [-0.39, 0.29) is 0 Å². The topological polar surface area (TPSA) is 38.7 Å². The largest absolute Gasteiger partial charge is 0.208 e. The fraction of sp³-hybridized carbons (Fsp3) is 0.0172. The van der Waals surface area contributed by atoms with E-state index < -0.39 is 5.41 Å². The summed E-state index contributed by atoms with van der Waals surface area (Å²) >= 11 is 1.81. The molecule has 0 spiro atoms. The SMILES string of the molecule is c1ccc(-c2nc(-c3ccccc3)nc(-c3cccc4sc5ccc(-c6cccc(-c7ccc8c(c7)-c7ccccc7C8(c7ccccc7)c7ccccc7)c6)cc5c34)n2)cc1. The predicted octanol–water partition coefficient (Wildman–Crippen LogP) is 14.9. The maximum absolute atomic E-state index is 5.13. The minimum atomic E-state index is -0.417. The monoisotopic (exact) mass is 807 g/mol. The first-order chi connectivity index (χ1) is 30.7. The third-order valence-corrected chi connectivity index (χ3v) is 13.6. The van der Waals surface area contributed by atoms with Crippen molar-refractivity contribution in [2.24, 2.45) is 0 Å². The number of hydrogen-bond acceptors (Lipinski definition) is 4. The zero-order chi connectivity index (χ0) is 41.0. The molecule has 0 aliphatic heterocycles. The maximum Gasteiger partial charge on any atom is 0.164 e. The van der Waals surface area contributed by atoms with E-state index in [9.17, 15) is 0 Å². The summed E-state index contributed by atoms with van der Waals surface area (Å²) in [4.78, 5) is 15.2. The zero-order valence-electron chi connectivity index (χ0n) is 33.6. The smallest absolute Gasteiger partial charge is 0.164 e. The molecule has 62 heavy (non-hydrogen) atoms. The first-order valence-corrected chi connectivity index (χ1v) is 21.8. The summed E-state index contributed by atoms with van der Waals surface area (Å²) in [6, 6.07) is 80.7. The highest BCUT2D eigenvalue weighted by Crippen LogP contribution is 2.56. The molecule has 290 valence electrons. The van der Waals surface area contributed by atoms with Crippen molar-refractivity contribution in [2.75, 3.05) is 0 Å². The average molecular weight is 808 g/mol. The third kappa shape index (κ3) is 5.83. The predicted molar refractivity (Wildman–Crippen MR) is 257 cm³/mol. The fourth-order valence-corrected chi connectivity index (χ4v) is 10.7. The summed E-state index contributed by atoms with van der Waals surface area (Å²) < 4.78 is 2.43. The molecule has 0 N–H and O–H groups in total. The van der Waals surface area contributed by atoms with Gasteiger partial charge in [0.1, 0.15) is 0 Å². The summed E-state index contributed by atoms with van der Waals surface area (Å²) in [5.74, 6) is 1.98. The molecule has 1 aliphatic rings. The second-order valence-electron chi connectivity index (χ2n) is 15.9. The van der Waals surface area contributed by atoms with Gasteiger partial charge in [0.05, 0.1) is 5.41 Å². The van der Waals surface area contributed by atoms with Crippen LogP contribution in [-0.4, -0.2) is 15.0 Å². The van der Waals surface area contributed by atoms with E-state index in [4.69, 9.17) is 15.0 Å². The summed E-state index contributed by atoms with van der Waals surface area (Å²) in [5.41, 5.74) is 14.9. The van der Waals surface area contributed by atoms with Crippen LogP contribution in [0.4, 0.5) is 0 Å². The highest BCUT2D eigenvalue weighted by Gasteiger charge is 2.45. The molecule has 4 heteroatoms. The summed E-state index contributed by atoms with van der Waals surface area (Å²) in [7, 11) is 0. The van der Waals surface area contributed by atoms with Crippen molar-refractivity contribution in [1.29, 1.82) is 0 Å². The van der Waals surface area contributed by atoms with Crippen molar-refractivity contribution in [3.8, 4) is 67.5 Å². The molecule has 12 rings (SSSR count). The Morgan fingerprint density at radius 3 is 1.45 bits per heavy atom. The molecule has 1 aliphatic carbocycles. The highest BCUT2D eigenvalue weighted by atomic mass is 32.1. The van der Waals surface area contributed by atoms with Crippen LogP contribution in [0.3, 0.4) is 0 Å². The molecule has 3 nitrogen and oxygen atoms in total. The van der Waals surface area contributed by atoms with Crippen LogP contribution in [0.2, 0.25) is 0 Å². The summed E-state index contributed by atoms with van der Waals surface area (Å²) in [6.45, 7) is 0. The Labute approximate surface area is 364 Å². The number of fused-ring (bicyclic) bond motifs is 6. The molecular formula is C58H37N3S. The molecule has 0 bridgehead atoms. The molecule has 0 radical (unpaired) electrons. The van der Waals surface area contributed by atoms with Crippen LogP contribution >= 0.6 is 11.3 Å². The Bertz CT molecular complexity index is 3350.